The Labute approximate surface area is 97.3 Å². The van der Waals surface area contributed by atoms with Gasteiger partial charge in [0, 0.05) is 10.7 Å². The lowest BCUT2D eigenvalue weighted by Gasteiger charge is -2.19. The summed E-state index contributed by atoms with van der Waals surface area (Å²) in [6.07, 6.45) is -4.40. The minimum Gasteiger partial charge on any atom is -0.372 e. The SMILES string of the molecule is CC(C)C(COCC(F)(F)F)CS(=O)(=O)Cl. The molecule has 0 aromatic carbocycles. The molecule has 0 amide bonds. The van der Waals surface area contributed by atoms with E-state index in [1.165, 1.54) is 0 Å². The summed E-state index contributed by atoms with van der Waals surface area (Å²) in [5.74, 6) is -1.05. The van der Waals surface area contributed by atoms with Crippen LogP contribution in [0.1, 0.15) is 13.8 Å². The molecule has 8 heteroatoms. The van der Waals surface area contributed by atoms with Crippen LogP contribution >= 0.6 is 10.7 Å². The standard InChI is InChI=1S/C8H14ClF3O3S/c1-6(2)7(4-16(9,13)14)3-15-5-8(10,11)12/h6-7H,3-5H2,1-2H3. The Morgan fingerprint density at radius 1 is 1.31 bits per heavy atom. The molecule has 3 nitrogen and oxygen atoms in total. The van der Waals surface area contributed by atoms with Crippen LogP contribution < -0.4 is 0 Å². The second kappa shape index (κ2) is 6.07. The first-order valence-corrected chi connectivity index (χ1v) is 7.06. The Hall–Kier alpha value is -0.0100. The molecule has 0 radical (unpaired) electrons. The third kappa shape index (κ3) is 9.23. The summed E-state index contributed by atoms with van der Waals surface area (Å²) < 4.78 is 61.3. The van der Waals surface area contributed by atoms with Gasteiger partial charge in [-0.05, 0) is 11.8 Å². The van der Waals surface area contributed by atoms with Gasteiger partial charge in [0.2, 0.25) is 9.05 Å². The normalized spacial score (nSPS) is 15.4. The van der Waals surface area contributed by atoms with Gasteiger partial charge in [-0.3, -0.25) is 0 Å². The second-order valence-corrected chi connectivity index (χ2v) is 6.66. The van der Waals surface area contributed by atoms with Crippen LogP contribution in [0.4, 0.5) is 13.2 Å². The van der Waals surface area contributed by atoms with Crippen molar-refractivity contribution in [3.63, 3.8) is 0 Å². The van der Waals surface area contributed by atoms with Crippen molar-refractivity contribution in [1.29, 1.82) is 0 Å². The zero-order chi connectivity index (χ0) is 13.0. The van der Waals surface area contributed by atoms with Crippen molar-refractivity contribution >= 4 is 19.7 Å². The summed E-state index contributed by atoms with van der Waals surface area (Å²) >= 11 is 0. The highest BCUT2D eigenvalue weighted by Crippen LogP contribution is 2.19. The van der Waals surface area contributed by atoms with Gasteiger partial charge in [0.05, 0.1) is 12.4 Å². The molecule has 0 aliphatic heterocycles. The lowest BCUT2D eigenvalue weighted by molar-refractivity contribution is -0.176. The Kier molecular flexibility index (Phi) is 6.06. The number of ether oxygens (including phenoxy) is 1. The molecule has 1 unspecified atom stereocenters. The smallest absolute Gasteiger partial charge is 0.372 e. The lowest BCUT2D eigenvalue weighted by Crippen LogP contribution is -2.26. The second-order valence-electron chi connectivity index (χ2n) is 3.84. The summed E-state index contributed by atoms with van der Waals surface area (Å²) in [7, 11) is 1.31. The first-order valence-electron chi connectivity index (χ1n) is 4.58. The predicted molar refractivity (Wildman–Crippen MR) is 54.8 cm³/mol. The molecule has 0 bridgehead atoms. The van der Waals surface area contributed by atoms with Gasteiger partial charge in [-0.1, -0.05) is 13.8 Å². The van der Waals surface area contributed by atoms with Gasteiger partial charge < -0.3 is 4.74 Å². The molecule has 0 N–H and O–H groups in total. The predicted octanol–water partition coefficient (Wildman–Crippen LogP) is 2.41. The maximum Gasteiger partial charge on any atom is 0.411 e. The number of alkyl halides is 3. The Morgan fingerprint density at radius 3 is 2.12 bits per heavy atom. The summed E-state index contributed by atoms with van der Waals surface area (Å²) in [6.45, 7) is 1.75. The van der Waals surface area contributed by atoms with E-state index in [-0.39, 0.29) is 18.3 Å². The van der Waals surface area contributed by atoms with Crippen LogP contribution in [0.3, 0.4) is 0 Å². The third-order valence-corrected chi connectivity index (χ3v) is 3.16. The molecule has 0 heterocycles. The van der Waals surface area contributed by atoms with Crippen molar-refractivity contribution in [3.8, 4) is 0 Å². The van der Waals surface area contributed by atoms with Gasteiger partial charge in [0.15, 0.2) is 0 Å². The number of hydrogen-bond acceptors (Lipinski definition) is 3. The fourth-order valence-electron chi connectivity index (χ4n) is 1.01. The van der Waals surface area contributed by atoms with E-state index >= 15 is 0 Å². The van der Waals surface area contributed by atoms with Crippen molar-refractivity contribution in [2.75, 3.05) is 19.0 Å². The van der Waals surface area contributed by atoms with Crippen LogP contribution in [0.5, 0.6) is 0 Å². The van der Waals surface area contributed by atoms with E-state index in [4.69, 9.17) is 10.7 Å². The molecule has 0 saturated carbocycles. The summed E-state index contributed by atoms with van der Waals surface area (Å²) in [5, 5.41) is 0. The van der Waals surface area contributed by atoms with Gasteiger partial charge in [-0.15, -0.1) is 0 Å². The fourth-order valence-corrected chi connectivity index (χ4v) is 2.49. The van der Waals surface area contributed by atoms with Crippen LogP contribution in [0.25, 0.3) is 0 Å². The molecule has 0 rings (SSSR count). The first-order chi connectivity index (χ1) is 7.01. The van der Waals surface area contributed by atoms with Crippen molar-refractivity contribution in [3.05, 3.63) is 0 Å². The molecule has 0 aliphatic carbocycles. The zero-order valence-corrected chi connectivity index (χ0v) is 10.5. The highest BCUT2D eigenvalue weighted by Gasteiger charge is 2.29. The Balaban J connectivity index is 4.16. The van der Waals surface area contributed by atoms with E-state index in [9.17, 15) is 21.6 Å². The van der Waals surface area contributed by atoms with E-state index < -0.39 is 27.8 Å². The molecule has 0 saturated heterocycles. The van der Waals surface area contributed by atoms with E-state index in [2.05, 4.69) is 4.74 Å². The van der Waals surface area contributed by atoms with E-state index in [0.29, 0.717) is 0 Å². The van der Waals surface area contributed by atoms with E-state index in [1.807, 2.05) is 0 Å². The topological polar surface area (TPSA) is 43.4 Å². The van der Waals surface area contributed by atoms with Gasteiger partial charge in [0.25, 0.3) is 0 Å². The maximum absolute atomic E-state index is 11.8. The van der Waals surface area contributed by atoms with Gasteiger partial charge in [-0.25, -0.2) is 8.42 Å². The number of rotatable bonds is 6. The van der Waals surface area contributed by atoms with Crippen LogP contribution in [0.2, 0.25) is 0 Å². The van der Waals surface area contributed by atoms with Crippen molar-refractivity contribution < 1.29 is 26.3 Å². The Bertz CT molecular complexity index is 300. The molecule has 0 fully saturated rings. The molecule has 0 aliphatic rings. The molecule has 98 valence electrons. The van der Waals surface area contributed by atoms with Gasteiger partial charge in [-0.2, -0.15) is 13.2 Å². The fraction of sp³-hybridized carbons (Fsp3) is 1.00. The van der Waals surface area contributed by atoms with E-state index in [0.717, 1.165) is 0 Å². The molecule has 0 spiro atoms. The average molecular weight is 283 g/mol. The quantitative estimate of drug-likeness (QED) is 0.703. The minimum atomic E-state index is -4.40. The van der Waals surface area contributed by atoms with Crippen molar-refractivity contribution in [2.24, 2.45) is 11.8 Å². The average Bonchev–Trinajstić information content (AvgIpc) is 1.97. The van der Waals surface area contributed by atoms with Crippen LogP contribution in [-0.2, 0) is 13.8 Å². The third-order valence-electron chi connectivity index (χ3n) is 1.95. The van der Waals surface area contributed by atoms with Gasteiger partial charge in [0.1, 0.15) is 6.61 Å². The molecular formula is C8H14ClF3O3S. The first kappa shape index (κ1) is 16.0. The maximum atomic E-state index is 11.8. The van der Waals surface area contributed by atoms with Crippen molar-refractivity contribution in [1.82, 2.24) is 0 Å². The molecule has 1 atom stereocenters. The minimum absolute atomic E-state index is 0.123. The highest BCUT2D eigenvalue weighted by molar-refractivity contribution is 8.13. The van der Waals surface area contributed by atoms with Crippen LogP contribution in [-0.4, -0.2) is 33.6 Å². The summed E-state index contributed by atoms with van der Waals surface area (Å²) in [6, 6.07) is 0. The van der Waals surface area contributed by atoms with Crippen molar-refractivity contribution in [2.45, 2.75) is 20.0 Å². The largest absolute Gasteiger partial charge is 0.411 e. The van der Waals surface area contributed by atoms with E-state index in [1.54, 1.807) is 13.8 Å². The zero-order valence-electron chi connectivity index (χ0n) is 8.92. The summed E-state index contributed by atoms with van der Waals surface area (Å²) in [4.78, 5) is 0. The molecular weight excluding hydrogens is 269 g/mol. The van der Waals surface area contributed by atoms with Crippen LogP contribution in [0, 0.1) is 11.8 Å². The van der Waals surface area contributed by atoms with Gasteiger partial charge >= 0.3 is 6.18 Å². The lowest BCUT2D eigenvalue weighted by atomic mass is 9.99. The Morgan fingerprint density at radius 2 is 1.81 bits per heavy atom. The highest BCUT2D eigenvalue weighted by atomic mass is 35.7. The number of halogens is 4. The molecule has 16 heavy (non-hydrogen) atoms. The molecule has 0 aromatic heterocycles. The monoisotopic (exact) mass is 282 g/mol. The summed E-state index contributed by atoms with van der Waals surface area (Å²) in [5.41, 5.74) is 0. The number of hydrogen-bond donors (Lipinski definition) is 0. The molecule has 0 aromatic rings. The van der Waals surface area contributed by atoms with Crippen LogP contribution in [0.15, 0.2) is 0 Å².